The first-order chi connectivity index (χ1) is 26.6. The molecule has 0 saturated carbocycles. The number of carbonyl (C=O) groups is 2. The minimum atomic E-state index is -0.991. The fraction of sp³-hybridized carbons (Fsp3) is 0.652. The highest BCUT2D eigenvalue weighted by Gasteiger charge is 2.37. The number of hydrogen-bond acceptors (Lipinski definition) is 7. The number of rotatable bonds is 32. The maximum Gasteiger partial charge on any atom is 0.338 e. The Morgan fingerprint density at radius 1 is 0.593 bits per heavy atom. The smallest absolute Gasteiger partial charge is 0.338 e. The van der Waals surface area contributed by atoms with Gasteiger partial charge in [0.1, 0.15) is 12.1 Å². The lowest BCUT2D eigenvalue weighted by Crippen LogP contribution is -2.43. The van der Waals surface area contributed by atoms with Crippen LogP contribution < -0.4 is 0 Å². The maximum absolute atomic E-state index is 13.6. The molecule has 0 aliphatic heterocycles. The van der Waals surface area contributed by atoms with Gasteiger partial charge in [0, 0.05) is 6.20 Å². The number of nitrogens with zero attached hydrogens (tertiary/aromatic N) is 3. The third kappa shape index (κ3) is 18.2. The van der Waals surface area contributed by atoms with Crippen LogP contribution in [0, 0.1) is 0 Å². The lowest BCUT2D eigenvalue weighted by Gasteiger charge is -2.32. The van der Waals surface area contributed by atoms with E-state index >= 15 is 0 Å². The van der Waals surface area contributed by atoms with Crippen molar-refractivity contribution in [2.75, 3.05) is 6.61 Å². The summed E-state index contributed by atoms with van der Waals surface area (Å²) in [4.78, 5) is 27.1. The van der Waals surface area contributed by atoms with Crippen LogP contribution in [-0.2, 0) is 15.9 Å². The van der Waals surface area contributed by atoms with Gasteiger partial charge in [0.05, 0.1) is 23.4 Å². The van der Waals surface area contributed by atoms with E-state index in [1.54, 1.807) is 53.2 Å². The van der Waals surface area contributed by atoms with Gasteiger partial charge in [0.15, 0.2) is 6.10 Å². The topological polar surface area (TPSA) is 104 Å². The van der Waals surface area contributed by atoms with Crippen LogP contribution in [0.2, 0.25) is 0 Å². The summed E-state index contributed by atoms with van der Waals surface area (Å²) in [6.07, 6.45) is 28.4. The first-order valence-electron chi connectivity index (χ1n) is 21.6. The highest BCUT2D eigenvalue weighted by Crippen LogP contribution is 2.27. The number of esters is 2. The van der Waals surface area contributed by atoms with E-state index in [2.05, 4.69) is 24.2 Å². The standard InChI is InChI=1S/C46H71N3O5/c1-3-5-7-9-11-13-15-16-18-20-22-30-36-43(53-45(51)39-31-25-23-26-32-39)44(54-46(52)40-33-27-24-28-34-40)42(38-50)49-37-41(47-48-49)35-29-21-19-17-14-12-10-8-6-4-2/h23-28,31-34,37,42-44,50H,3-22,29-30,35-36,38H2,1-2H3/t42-,43+,44-/m0/s1. The fourth-order valence-corrected chi connectivity index (χ4v) is 7.15. The van der Waals surface area contributed by atoms with Crippen LogP contribution in [0.15, 0.2) is 66.9 Å². The van der Waals surface area contributed by atoms with Gasteiger partial charge in [0.25, 0.3) is 0 Å². The van der Waals surface area contributed by atoms with Gasteiger partial charge in [-0.2, -0.15) is 0 Å². The second-order valence-corrected chi connectivity index (χ2v) is 15.1. The normalized spacial score (nSPS) is 13.0. The SMILES string of the molecule is CCCCCCCCCCCCCC[C@@H](OC(=O)c1ccccc1)[C@@H](OC(=O)c1ccccc1)[C@H](CO)n1cc(CCCCCCCCCCCC)nn1. The molecule has 8 nitrogen and oxygen atoms in total. The molecule has 0 saturated heterocycles. The van der Waals surface area contributed by atoms with E-state index in [1.165, 1.54) is 109 Å². The number of aliphatic hydroxyl groups is 1. The van der Waals surface area contributed by atoms with Crippen LogP contribution in [0.5, 0.6) is 0 Å². The van der Waals surface area contributed by atoms with Crippen molar-refractivity contribution in [3.05, 3.63) is 83.7 Å². The van der Waals surface area contributed by atoms with Gasteiger partial charge in [-0.15, -0.1) is 5.10 Å². The van der Waals surface area contributed by atoms with Crippen LogP contribution in [0.1, 0.15) is 194 Å². The monoisotopic (exact) mass is 746 g/mol. The van der Waals surface area contributed by atoms with Crippen LogP contribution in [-0.4, -0.2) is 50.9 Å². The Bertz CT molecular complexity index is 1360. The average Bonchev–Trinajstić information content (AvgIpc) is 3.67. The van der Waals surface area contributed by atoms with Crippen LogP contribution >= 0.6 is 0 Å². The van der Waals surface area contributed by atoms with Gasteiger partial charge in [-0.25, -0.2) is 14.3 Å². The molecule has 3 rings (SSSR count). The van der Waals surface area contributed by atoms with Crippen LogP contribution in [0.4, 0.5) is 0 Å². The Kier molecular flexibility index (Phi) is 24.0. The zero-order valence-corrected chi connectivity index (χ0v) is 33.7. The van der Waals surface area contributed by atoms with Gasteiger partial charge in [-0.05, 0) is 49.9 Å². The number of hydrogen-bond donors (Lipinski definition) is 1. The van der Waals surface area contributed by atoms with Crippen molar-refractivity contribution < 1.29 is 24.2 Å². The molecule has 1 heterocycles. The number of benzene rings is 2. The molecule has 0 bridgehead atoms. The molecule has 0 spiro atoms. The molecule has 1 aromatic heterocycles. The molecular weight excluding hydrogens is 675 g/mol. The van der Waals surface area contributed by atoms with Crippen molar-refractivity contribution >= 4 is 11.9 Å². The lowest BCUT2D eigenvalue weighted by atomic mass is 9.98. The maximum atomic E-state index is 13.6. The fourth-order valence-electron chi connectivity index (χ4n) is 7.15. The third-order valence-electron chi connectivity index (χ3n) is 10.5. The molecule has 0 aliphatic rings. The van der Waals surface area contributed by atoms with Gasteiger partial charge in [-0.3, -0.25) is 0 Å². The van der Waals surface area contributed by atoms with E-state index in [4.69, 9.17) is 9.47 Å². The second kappa shape index (κ2) is 28.9. The number of unbranched alkanes of at least 4 members (excludes halogenated alkanes) is 20. The lowest BCUT2D eigenvalue weighted by molar-refractivity contribution is -0.0663. The van der Waals surface area contributed by atoms with Crippen molar-refractivity contribution in [1.29, 1.82) is 0 Å². The van der Waals surface area contributed by atoms with Crippen molar-refractivity contribution in [1.82, 2.24) is 15.0 Å². The molecule has 300 valence electrons. The number of aromatic nitrogens is 3. The van der Waals surface area contributed by atoms with Crippen LogP contribution in [0.25, 0.3) is 0 Å². The Balaban J connectivity index is 1.67. The zero-order valence-electron chi connectivity index (χ0n) is 33.7. The third-order valence-corrected chi connectivity index (χ3v) is 10.5. The first kappa shape index (κ1) is 44.9. The van der Waals surface area contributed by atoms with Crippen LogP contribution in [0.3, 0.4) is 0 Å². The summed E-state index contributed by atoms with van der Waals surface area (Å²) in [5.41, 5.74) is 1.64. The van der Waals surface area contributed by atoms with Gasteiger partial charge in [0.2, 0.25) is 0 Å². The second-order valence-electron chi connectivity index (χ2n) is 15.1. The summed E-state index contributed by atoms with van der Waals surface area (Å²) in [5.74, 6) is -1.03. The van der Waals surface area contributed by atoms with Crippen molar-refractivity contribution in [2.24, 2.45) is 0 Å². The average molecular weight is 746 g/mol. The Hall–Kier alpha value is -3.52. The summed E-state index contributed by atoms with van der Waals surface area (Å²) in [5, 5.41) is 19.7. The van der Waals surface area contributed by atoms with E-state index in [0.29, 0.717) is 17.5 Å². The molecule has 3 atom stereocenters. The summed E-state index contributed by atoms with van der Waals surface area (Å²) in [6, 6.07) is 16.9. The van der Waals surface area contributed by atoms with Crippen molar-refractivity contribution in [3.8, 4) is 0 Å². The number of ether oxygens (including phenoxy) is 2. The first-order valence-corrected chi connectivity index (χ1v) is 21.6. The van der Waals surface area contributed by atoms with E-state index in [9.17, 15) is 14.7 Å². The summed E-state index contributed by atoms with van der Waals surface area (Å²) in [7, 11) is 0. The molecule has 0 unspecified atom stereocenters. The molecule has 0 radical (unpaired) electrons. The van der Waals surface area contributed by atoms with Crippen molar-refractivity contribution in [2.45, 2.75) is 186 Å². The van der Waals surface area contributed by atoms with Gasteiger partial charge in [-0.1, -0.05) is 184 Å². The Morgan fingerprint density at radius 2 is 1.02 bits per heavy atom. The summed E-state index contributed by atoms with van der Waals surface area (Å²) < 4.78 is 14.0. The quantitative estimate of drug-likeness (QED) is 0.0501. The van der Waals surface area contributed by atoms with Crippen molar-refractivity contribution in [3.63, 3.8) is 0 Å². The van der Waals surface area contributed by atoms with E-state index < -0.39 is 30.2 Å². The molecule has 0 fully saturated rings. The van der Waals surface area contributed by atoms with E-state index in [0.717, 1.165) is 44.2 Å². The highest BCUT2D eigenvalue weighted by molar-refractivity contribution is 5.90. The molecule has 8 heteroatoms. The predicted octanol–water partition coefficient (Wildman–Crippen LogP) is 11.8. The number of aryl methyl sites for hydroxylation is 1. The summed E-state index contributed by atoms with van der Waals surface area (Å²) in [6.45, 7) is 4.14. The number of carbonyl (C=O) groups excluding carboxylic acids is 2. The molecule has 0 aliphatic carbocycles. The molecule has 2 aromatic carbocycles. The molecule has 1 N–H and O–H groups in total. The summed E-state index contributed by atoms with van der Waals surface area (Å²) >= 11 is 0. The largest absolute Gasteiger partial charge is 0.455 e. The molecule has 0 amide bonds. The van der Waals surface area contributed by atoms with Gasteiger partial charge >= 0.3 is 11.9 Å². The molecule has 54 heavy (non-hydrogen) atoms. The minimum absolute atomic E-state index is 0.369. The molecular formula is C46H71N3O5. The van der Waals surface area contributed by atoms with E-state index in [-0.39, 0.29) is 6.61 Å². The Labute approximate surface area is 326 Å². The zero-order chi connectivity index (χ0) is 38.5. The molecule has 3 aromatic rings. The Morgan fingerprint density at radius 3 is 1.48 bits per heavy atom. The van der Waals surface area contributed by atoms with E-state index in [1.807, 2.05) is 18.3 Å². The minimum Gasteiger partial charge on any atom is -0.455 e. The highest BCUT2D eigenvalue weighted by atomic mass is 16.6. The number of aliphatic hydroxyl groups excluding tert-OH is 1. The predicted molar refractivity (Wildman–Crippen MR) is 219 cm³/mol. The van der Waals surface area contributed by atoms with Gasteiger partial charge < -0.3 is 14.6 Å².